The summed E-state index contributed by atoms with van der Waals surface area (Å²) in [5.41, 5.74) is 0. The molecule has 82 valence electrons. The minimum Gasteiger partial charge on any atom is -0.355 e. The van der Waals surface area contributed by atoms with Gasteiger partial charge in [-0.3, -0.25) is 4.79 Å². The minimum absolute atomic E-state index is 0.00437. The van der Waals surface area contributed by atoms with Crippen molar-refractivity contribution in [3.8, 4) is 0 Å². The predicted molar refractivity (Wildman–Crippen MR) is 63.9 cm³/mol. The van der Waals surface area contributed by atoms with Gasteiger partial charge in [0.15, 0.2) is 0 Å². The number of hydrogen-bond acceptors (Lipinski definition) is 3. The van der Waals surface area contributed by atoms with Crippen LogP contribution in [-0.4, -0.2) is 31.0 Å². The summed E-state index contributed by atoms with van der Waals surface area (Å²) < 4.78 is 0.928. The number of nitrogens with one attached hydrogen (secondary N) is 1. The molecule has 4 nitrogen and oxygen atoms in total. The monoisotopic (exact) mass is 271 g/mol. The highest BCUT2D eigenvalue weighted by atomic mass is 79.9. The van der Waals surface area contributed by atoms with Gasteiger partial charge in [-0.15, -0.1) is 0 Å². The fraction of sp³-hybridized carbons (Fsp3) is 0.400. The lowest BCUT2D eigenvalue weighted by Gasteiger charge is -2.17. The molecule has 0 fully saturated rings. The van der Waals surface area contributed by atoms with Gasteiger partial charge in [-0.1, -0.05) is 0 Å². The lowest BCUT2D eigenvalue weighted by atomic mass is 10.4. The Morgan fingerprint density at radius 2 is 2.33 bits per heavy atom. The number of anilines is 1. The Morgan fingerprint density at radius 1 is 1.60 bits per heavy atom. The summed E-state index contributed by atoms with van der Waals surface area (Å²) in [6.07, 6.45) is 1.71. The summed E-state index contributed by atoms with van der Waals surface area (Å²) in [5.74, 6) is 0.786. The first-order valence-corrected chi connectivity index (χ1v) is 5.52. The zero-order chi connectivity index (χ0) is 11.3. The van der Waals surface area contributed by atoms with Gasteiger partial charge < -0.3 is 10.2 Å². The lowest BCUT2D eigenvalue weighted by molar-refractivity contribution is -0.119. The Morgan fingerprint density at radius 3 is 2.87 bits per heavy atom. The fourth-order valence-corrected chi connectivity index (χ4v) is 1.38. The van der Waals surface area contributed by atoms with E-state index in [0.717, 1.165) is 10.3 Å². The Kier molecular flexibility index (Phi) is 4.55. The van der Waals surface area contributed by atoms with Gasteiger partial charge in [0, 0.05) is 24.3 Å². The molecule has 1 amide bonds. The van der Waals surface area contributed by atoms with Crippen LogP contribution in [-0.2, 0) is 4.79 Å². The van der Waals surface area contributed by atoms with Crippen molar-refractivity contribution >= 4 is 27.7 Å². The van der Waals surface area contributed by atoms with E-state index in [9.17, 15) is 4.79 Å². The molecule has 0 aromatic carbocycles. The van der Waals surface area contributed by atoms with E-state index in [4.69, 9.17) is 0 Å². The third kappa shape index (κ3) is 3.87. The molecule has 0 atom stereocenters. The molecular formula is C10H14BrN3O. The van der Waals surface area contributed by atoms with Crippen LogP contribution in [0.3, 0.4) is 0 Å². The number of halogens is 1. The smallest absolute Gasteiger partial charge is 0.239 e. The molecule has 0 radical (unpaired) electrons. The average Bonchev–Trinajstić information content (AvgIpc) is 2.18. The maximum atomic E-state index is 11.3. The summed E-state index contributed by atoms with van der Waals surface area (Å²) in [7, 11) is 1.84. The first kappa shape index (κ1) is 12.0. The molecule has 1 rings (SSSR count). The number of aromatic nitrogens is 1. The highest BCUT2D eigenvalue weighted by Gasteiger charge is 2.06. The molecule has 1 heterocycles. The zero-order valence-corrected chi connectivity index (χ0v) is 10.4. The Bertz CT molecular complexity index is 326. The van der Waals surface area contributed by atoms with E-state index >= 15 is 0 Å². The molecule has 1 N–H and O–H groups in total. The number of rotatable bonds is 4. The number of amides is 1. The normalized spacial score (nSPS) is 9.80. The molecule has 0 saturated carbocycles. The van der Waals surface area contributed by atoms with Gasteiger partial charge in [-0.2, -0.15) is 0 Å². The molecular weight excluding hydrogens is 258 g/mol. The summed E-state index contributed by atoms with van der Waals surface area (Å²) in [4.78, 5) is 17.3. The van der Waals surface area contributed by atoms with Gasteiger partial charge in [0.05, 0.1) is 6.54 Å². The van der Waals surface area contributed by atoms with Gasteiger partial charge in [0.25, 0.3) is 0 Å². The highest BCUT2D eigenvalue weighted by Crippen LogP contribution is 2.12. The molecule has 0 bridgehead atoms. The Hall–Kier alpha value is -1.10. The predicted octanol–water partition coefficient (Wildman–Crippen LogP) is 1.42. The van der Waals surface area contributed by atoms with Crippen LogP contribution in [0.25, 0.3) is 0 Å². The molecule has 0 aliphatic rings. The molecule has 1 aromatic heterocycles. The number of carbonyl (C=O) groups is 1. The first-order valence-electron chi connectivity index (χ1n) is 4.73. The van der Waals surface area contributed by atoms with Crippen molar-refractivity contribution in [1.29, 1.82) is 0 Å². The molecule has 1 aromatic rings. The number of hydrogen-bond donors (Lipinski definition) is 1. The quantitative estimate of drug-likeness (QED) is 0.901. The molecule has 0 spiro atoms. The number of nitrogens with zero attached hydrogens (tertiary/aromatic N) is 2. The highest BCUT2D eigenvalue weighted by molar-refractivity contribution is 9.10. The number of likely N-dealkylation sites (N-methyl/N-ethyl adjacent to an activating group) is 2. The molecule has 0 unspecified atom stereocenters. The zero-order valence-electron chi connectivity index (χ0n) is 8.83. The van der Waals surface area contributed by atoms with Crippen molar-refractivity contribution in [1.82, 2.24) is 10.3 Å². The minimum atomic E-state index is 0.00437. The maximum Gasteiger partial charge on any atom is 0.239 e. The van der Waals surface area contributed by atoms with Crippen LogP contribution in [0.5, 0.6) is 0 Å². The summed E-state index contributed by atoms with van der Waals surface area (Å²) in [6.45, 7) is 2.87. The first-order chi connectivity index (χ1) is 7.13. The van der Waals surface area contributed by atoms with Crippen LogP contribution in [0, 0.1) is 0 Å². The van der Waals surface area contributed by atoms with Gasteiger partial charge in [-0.25, -0.2) is 4.98 Å². The second-order valence-electron chi connectivity index (χ2n) is 3.14. The number of carbonyl (C=O) groups excluding carboxylic acids is 1. The number of pyridine rings is 1. The van der Waals surface area contributed by atoms with Crippen LogP contribution in [0.2, 0.25) is 0 Å². The van der Waals surface area contributed by atoms with Gasteiger partial charge in [0.2, 0.25) is 5.91 Å². The van der Waals surface area contributed by atoms with E-state index in [1.54, 1.807) is 11.1 Å². The second kappa shape index (κ2) is 5.70. The fourth-order valence-electron chi connectivity index (χ4n) is 1.14. The average molecular weight is 272 g/mol. The molecule has 0 aliphatic carbocycles. The summed E-state index contributed by atoms with van der Waals surface area (Å²) in [5, 5.41) is 2.74. The third-order valence-corrected chi connectivity index (χ3v) is 2.33. The van der Waals surface area contributed by atoms with E-state index in [0.29, 0.717) is 13.1 Å². The van der Waals surface area contributed by atoms with Crippen LogP contribution >= 0.6 is 15.9 Å². The van der Waals surface area contributed by atoms with Gasteiger partial charge in [0.1, 0.15) is 5.82 Å². The van der Waals surface area contributed by atoms with Crippen molar-refractivity contribution in [2.45, 2.75) is 6.92 Å². The van der Waals surface area contributed by atoms with E-state index in [1.807, 2.05) is 26.1 Å². The Balaban J connectivity index is 2.57. The van der Waals surface area contributed by atoms with E-state index in [2.05, 4.69) is 26.2 Å². The van der Waals surface area contributed by atoms with Crippen molar-refractivity contribution in [3.63, 3.8) is 0 Å². The lowest BCUT2D eigenvalue weighted by Crippen LogP contribution is -2.35. The van der Waals surface area contributed by atoms with Gasteiger partial charge >= 0.3 is 0 Å². The van der Waals surface area contributed by atoms with Crippen molar-refractivity contribution in [2.24, 2.45) is 0 Å². The van der Waals surface area contributed by atoms with Crippen molar-refractivity contribution < 1.29 is 4.79 Å². The molecule has 0 saturated heterocycles. The standard InChI is InChI=1S/C10H14BrN3O/c1-3-12-10(15)7-14(2)9-5-4-8(11)6-13-9/h4-6H,3,7H2,1-2H3,(H,12,15). The van der Waals surface area contributed by atoms with E-state index < -0.39 is 0 Å². The van der Waals surface area contributed by atoms with E-state index in [1.165, 1.54) is 0 Å². The second-order valence-corrected chi connectivity index (χ2v) is 4.06. The van der Waals surface area contributed by atoms with Crippen LogP contribution in [0.4, 0.5) is 5.82 Å². The van der Waals surface area contributed by atoms with Gasteiger partial charge in [-0.05, 0) is 35.0 Å². The summed E-state index contributed by atoms with van der Waals surface area (Å²) in [6, 6.07) is 3.76. The molecule has 0 aliphatic heterocycles. The molecule has 5 heteroatoms. The Labute approximate surface area is 97.8 Å². The van der Waals surface area contributed by atoms with Crippen molar-refractivity contribution in [2.75, 3.05) is 25.0 Å². The van der Waals surface area contributed by atoms with E-state index in [-0.39, 0.29) is 5.91 Å². The van der Waals surface area contributed by atoms with Crippen LogP contribution in [0.1, 0.15) is 6.92 Å². The SMILES string of the molecule is CCNC(=O)CN(C)c1ccc(Br)cn1. The summed E-state index contributed by atoms with van der Waals surface area (Å²) >= 11 is 3.31. The largest absolute Gasteiger partial charge is 0.355 e. The topological polar surface area (TPSA) is 45.2 Å². The van der Waals surface area contributed by atoms with Crippen molar-refractivity contribution in [3.05, 3.63) is 22.8 Å². The van der Waals surface area contributed by atoms with Crippen LogP contribution in [0.15, 0.2) is 22.8 Å². The maximum absolute atomic E-state index is 11.3. The van der Waals surface area contributed by atoms with Crippen LogP contribution < -0.4 is 10.2 Å². The third-order valence-electron chi connectivity index (χ3n) is 1.86. The molecule has 15 heavy (non-hydrogen) atoms.